The van der Waals surface area contributed by atoms with Crippen LogP contribution in [0.1, 0.15) is 10.4 Å². The van der Waals surface area contributed by atoms with Crippen molar-refractivity contribution in [3.63, 3.8) is 0 Å². The highest BCUT2D eigenvalue weighted by Gasteiger charge is 2.19. The van der Waals surface area contributed by atoms with Crippen LogP contribution in [0.4, 0.5) is 21.6 Å². The van der Waals surface area contributed by atoms with Crippen molar-refractivity contribution in [1.82, 2.24) is 4.98 Å². The van der Waals surface area contributed by atoms with E-state index in [4.69, 9.17) is 16.7 Å². The quantitative estimate of drug-likeness (QED) is 0.663. The van der Waals surface area contributed by atoms with Gasteiger partial charge in [-0.25, -0.2) is 14.2 Å². The van der Waals surface area contributed by atoms with Crippen LogP contribution in [0.3, 0.4) is 0 Å². The van der Waals surface area contributed by atoms with Crippen molar-refractivity contribution in [3.05, 3.63) is 57.0 Å². The van der Waals surface area contributed by atoms with E-state index in [9.17, 15) is 19.3 Å². The van der Waals surface area contributed by atoms with Crippen molar-refractivity contribution in [2.45, 2.75) is 0 Å². The Bertz CT molecular complexity index is 738. The van der Waals surface area contributed by atoms with Gasteiger partial charge >= 0.3 is 11.7 Å². The number of nitrogens with zero attached hydrogens (tertiary/aromatic N) is 2. The molecule has 0 unspecified atom stereocenters. The SMILES string of the molecule is O=C(O)c1cnc(Nc2ccc(Cl)c(F)c2)c([N+](=O)[O-])c1. The summed E-state index contributed by atoms with van der Waals surface area (Å²) in [6.45, 7) is 0. The number of rotatable bonds is 4. The van der Waals surface area contributed by atoms with E-state index in [0.29, 0.717) is 0 Å². The summed E-state index contributed by atoms with van der Waals surface area (Å²) in [6, 6.07) is 4.58. The topological polar surface area (TPSA) is 105 Å². The minimum absolute atomic E-state index is 0.0933. The Balaban J connectivity index is 2.41. The molecule has 2 N–H and O–H groups in total. The van der Waals surface area contributed by atoms with E-state index in [1.165, 1.54) is 12.1 Å². The van der Waals surface area contributed by atoms with Gasteiger partial charge in [0, 0.05) is 18.0 Å². The summed E-state index contributed by atoms with van der Waals surface area (Å²) in [5.41, 5.74) is -0.671. The summed E-state index contributed by atoms with van der Waals surface area (Å²) in [7, 11) is 0. The van der Waals surface area contributed by atoms with Crippen LogP contribution in [0.5, 0.6) is 0 Å². The van der Waals surface area contributed by atoms with Gasteiger partial charge in [0.1, 0.15) is 5.82 Å². The largest absolute Gasteiger partial charge is 0.478 e. The monoisotopic (exact) mass is 311 g/mol. The minimum Gasteiger partial charge on any atom is -0.478 e. The van der Waals surface area contributed by atoms with Crippen LogP contribution in [0, 0.1) is 15.9 Å². The van der Waals surface area contributed by atoms with Crippen molar-refractivity contribution in [2.24, 2.45) is 0 Å². The number of aromatic nitrogens is 1. The van der Waals surface area contributed by atoms with Gasteiger partial charge in [0.05, 0.1) is 15.5 Å². The number of aromatic carboxylic acids is 1. The fourth-order valence-electron chi connectivity index (χ4n) is 1.52. The van der Waals surface area contributed by atoms with Gasteiger partial charge in [-0.1, -0.05) is 11.6 Å². The van der Waals surface area contributed by atoms with Gasteiger partial charge in [0.2, 0.25) is 5.82 Å². The first-order valence-corrected chi connectivity index (χ1v) is 5.86. The average molecular weight is 312 g/mol. The van der Waals surface area contributed by atoms with Gasteiger partial charge < -0.3 is 10.4 Å². The molecule has 0 aliphatic rings. The molecule has 21 heavy (non-hydrogen) atoms. The number of hydrogen-bond donors (Lipinski definition) is 2. The van der Waals surface area contributed by atoms with Crippen LogP contribution in [0.15, 0.2) is 30.5 Å². The third kappa shape index (κ3) is 3.23. The number of benzene rings is 1. The summed E-state index contributed by atoms with van der Waals surface area (Å²) in [6.07, 6.45) is 0.962. The van der Waals surface area contributed by atoms with E-state index in [-0.39, 0.29) is 22.1 Å². The van der Waals surface area contributed by atoms with Crippen LogP contribution in [0.25, 0.3) is 0 Å². The fourth-order valence-corrected chi connectivity index (χ4v) is 1.63. The number of carbonyl (C=O) groups is 1. The van der Waals surface area contributed by atoms with Gasteiger partial charge in [-0.15, -0.1) is 0 Å². The van der Waals surface area contributed by atoms with Crippen molar-refractivity contribution in [2.75, 3.05) is 5.32 Å². The van der Waals surface area contributed by atoms with Crippen molar-refractivity contribution in [3.8, 4) is 0 Å². The Morgan fingerprint density at radius 1 is 1.43 bits per heavy atom. The molecule has 1 heterocycles. The number of hydrogen-bond acceptors (Lipinski definition) is 5. The summed E-state index contributed by atoms with van der Waals surface area (Å²) in [5.74, 6) is -2.24. The smallest absolute Gasteiger partial charge is 0.337 e. The standard InChI is InChI=1S/C12H7ClFN3O4/c13-8-2-1-7(4-9(8)14)16-11-10(17(20)21)3-6(5-15-11)12(18)19/h1-5H,(H,15,16)(H,18,19). The lowest BCUT2D eigenvalue weighted by molar-refractivity contribution is -0.384. The Labute approximate surface area is 122 Å². The molecule has 108 valence electrons. The van der Waals surface area contributed by atoms with Gasteiger partial charge in [-0.2, -0.15) is 0 Å². The number of pyridine rings is 1. The molecular weight excluding hydrogens is 305 g/mol. The molecule has 2 rings (SSSR count). The Morgan fingerprint density at radius 3 is 2.71 bits per heavy atom. The molecule has 0 saturated carbocycles. The summed E-state index contributed by atoms with van der Waals surface area (Å²) in [5, 5.41) is 22.2. The first-order valence-electron chi connectivity index (χ1n) is 5.48. The third-order valence-electron chi connectivity index (χ3n) is 2.49. The fraction of sp³-hybridized carbons (Fsp3) is 0. The maximum absolute atomic E-state index is 13.3. The second-order valence-electron chi connectivity index (χ2n) is 3.91. The molecule has 0 radical (unpaired) electrons. The molecule has 1 aromatic heterocycles. The van der Waals surface area contributed by atoms with E-state index in [0.717, 1.165) is 18.3 Å². The van der Waals surface area contributed by atoms with E-state index in [1.54, 1.807) is 0 Å². The molecule has 1 aromatic carbocycles. The highest BCUT2D eigenvalue weighted by molar-refractivity contribution is 6.30. The van der Waals surface area contributed by atoms with Crippen LogP contribution in [-0.2, 0) is 0 Å². The first kappa shape index (κ1) is 14.7. The molecular formula is C12H7ClFN3O4. The molecule has 9 heteroatoms. The van der Waals surface area contributed by atoms with E-state index < -0.39 is 22.4 Å². The van der Waals surface area contributed by atoms with Gasteiger partial charge in [0.25, 0.3) is 0 Å². The van der Waals surface area contributed by atoms with Gasteiger partial charge in [-0.05, 0) is 18.2 Å². The number of halogens is 2. The van der Waals surface area contributed by atoms with Crippen LogP contribution < -0.4 is 5.32 Å². The third-order valence-corrected chi connectivity index (χ3v) is 2.80. The molecule has 0 fully saturated rings. The lowest BCUT2D eigenvalue weighted by Gasteiger charge is -2.07. The normalized spacial score (nSPS) is 10.2. The molecule has 0 amide bonds. The zero-order valence-electron chi connectivity index (χ0n) is 10.2. The molecule has 0 aliphatic heterocycles. The predicted octanol–water partition coefficient (Wildman–Crippen LogP) is 3.22. The van der Waals surface area contributed by atoms with E-state index in [2.05, 4.69) is 10.3 Å². The maximum atomic E-state index is 13.3. The molecule has 0 atom stereocenters. The summed E-state index contributed by atoms with van der Waals surface area (Å²) < 4.78 is 13.3. The first-order chi connectivity index (χ1) is 9.88. The lowest BCUT2D eigenvalue weighted by atomic mass is 10.2. The van der Waals surface area contributed by atoms with Gasteiger partial charge in [-0.3, -0.25) is 10.1 Å². The molecule has 0 bridgehead atoms. The zero-order valence-corrected chi connectivity index (χ0v) is 11.0. The Hall–Kier alpha value is -2.74. The number of anilines is 2. The maximum Gasteiger partial charge on any atom is 0.337 e. The number of carboxylic acid groups (broad SMARTS) is 1. The van der Waals surface area contributed by atoms with Crippen LogP contribution >= 0.6 is 11.6 Å². The van der Waals surface area contributed by atoms with Gasteiger partial charge in [0.15, 0.2) is 0 Å². The van der Waals surface area contributed by atoms with Crippen molar-refractivity contribution in [1.29, 1.82) is 0 Å². The second-order valence-corrected chi connectivity index (χ2v) is 4.32. The summed E-state index contributed by atoms with van der Waals surface area (Å²) >= 11 is 5.53. The average Bonchev–Trinajstić information content (AvgIpc) is 2.43. The summed E-state index contributed by atoms with van der Waals surface area (Å²) in [4.78, 5) is 24.6. The minimum atomic E-state index is -1.34. The van der Waals surface area contributed by atoms with Crippen LogP contribution in [0.2, 0.25) is 5.02 Å². The molecule has 2 aromatic rings. The Morgan fingerprint density at radius 2 is 2.14 bits per heavy atom. The van der Waals surface area contributed by atoms with Crippen molar-refractivity contribution < 1.29 is 19.2 Å². The molecule has 0 saturated heterocycles. The second kappa shape index (κ2) is 5.71. The predicted molar refractivity (Wildman–Crippen MR) is 72.5 cm³/mol. The van der Waals surface area contributed by atoms with Crippen LogP contribution in [-0.4, -0.2) is 21.0 Å². The van der Waals surface area contributed by atoms with Crippen molar-refractivity contribution >= 4 is 34.8 Å². The van der Waals surface area contributed by atoms with E-state index in [1.807, 2.05) is 0 Å². The zero-order chi connectivity index (χ0) is 15.6. The number of nitro groups is 1. The number of nitrogens with one attached hydrogen (secondary N) is 1. The van der Waals surface area contributed by atoms with E-state index >= 15 is 0 Å². The Kier molecular flexibility index (Phi) is 3.99. The molecule has 7 nitrogen and oxygen atoms in total. The lowest BCUT2D eigenvalue weighted by Crippen LogP contribution is -2.04. The molecule has 0 spiro atoms. The highest BCUT2D eigenvalue weighted by atomic mass is 35.5. The number of carboxylic acids is 1. The highest BCUT2D eigenvalue weighted by Crippen LogP contribution is 2.27. The molecule has 0 aliphatic carbocycles.